The van der Waals surface area contributed by atoms with Crippen molar-refractivity contribution in [3.05, 3.63) is 44.6 Å². The van der Waals surface area contributed by atoms with Crippen LogP contribution in [0.2, 0.25) is 0 Å². The van der Waals surface area contributed by atoms with Crippen molar-refractivity contribution in [1.82, 2.24) is 19.9 Å². The number of hydrogen-bond donors (Lipinski definition) is 3. The second kappa shape index (κ2) is 6.78. The molecule has 0 aliphatic carbocycles. The van der Waals surface area contributed by atoms with E-state index in [2.05, 4.69) is 15.0 Å². The van der Waals surface area contributed by atoms with Crippen LogP contribution in [0.5, 0.6) is 5.75 Å². The summed E-state index contributed by atoms with van der Waals surface area (Å²) in [5.41, 5.74) is 1.98. The molecule has 2 aromatic heterocycles. The molecule has 0 spiro atoms. The van der Waals surface area contributed by atoms with Crippen LogP contribution < -0.4 is 5.56 Å². The molecule has 140 valence electrons. The molecule has 0 bridgehead atoms. The highest BCUT2D eigenvalue weighted by Crippen LogP contribution is 2.27. The summed E-state index contributed by atoms with van der Waals surface area (Å²) in [5.74, 6) is 0.0294. The third kappa shape index (κ3) is 3.48. The van der Waals surface area contributed by atoms with E-state index in [0.717, 1.165) is 6.26 Å². The number of aliphatic hydroxyl groups is 1. The molecular formula is C16H20N4O5S. The maximum absolute atomic E-state index is 12.3. The topological polar surface area (TPSA) is 136 Å². The number of aliphatic hydroxyl groups excluding tert-OH is 1. The Hall–Kier alpha value is -2.30. The number of nitrogens with one attached hydrogen (secondary N) is 1. The molecule has 3 N–H and O–H groups in total. The number of rotatable bonds is 4. The van der Waals surface area contributed by atoms with Gasteiger partial charge in [0.2, 0.25) is 15.0 Å². The molecule has 3 heterocycles. The zero-order valence-electron chi connectivity index (χ0n) is 14.5. The van der Waals surface area contributed by atoms with Crippen molar-refractivity contribution in [3.63, 3.8) is 0 Å². The van der Waals surface area contributed by atoms with Gasteiger partial charge in [-0.1, -0.05) is 0 Å². The molecular weight excluding hydrogens is 360 g/mol. The number of aromatic nitrogens is 3. The lowest BCUT2D eigenvalue weighted by Crippen LogP contribution is -2.36. The fourth-order valence-corrected chi connectivity index (χ4v) is 3.54. The van der Waals surface area contributed by atoms with Crippen LogP contribution >= 0.6 is 0 Å². The summed E-state index contributed by atoms with van der Waals surface area (Å²) in [4.78, 5) is 24.7. The van der Waals surface area contributed by atoms with E-state index in [1.54, 1.807) is 6.92 Å². The molecule has 10 heteroatoms. The van der Waals surface area contributed by atoms with Crippen LogP contribution in [0.4, 0.5) is 0 Å². The van der Waals surface area contributed by atoms with Crippen LogP contribution in [0.3, 0.4) is 0 Å². The Balaban J connectivity index is 1.91. The maximum Gasteiger partial charge on any atom is 0.256 e. The van der Waals surface area contributed by atoms with Crippen molar-refractivity contribution in [2.75, 3.05) is 12.8 Å². The van der Waals surface area contributed by atoms with Crippen molar-refractivity contribution in [2.24, 2.45) is 0 Å². The first-order valence-electron chi connectivity index (χ1n) is 8.02. The van der Waals surface area contributed by atoms with Gasteiger partial charge in [-0.3, -0.25) is 19.7 Å². The van der Waals surface area contributed by atoms with Crippen molar-refractivity contribution < 1.29 is 18.6 Å². The number of aromatic hydroxyl groups is 1. The highest BCUT2D eigenvalue weighted by molar-refractivity contribution is 7.90. The molecule has 0 radical (unpaired) electrons. The molecule has 0 unspecified atom stereocenters. The lowest BCUT2D eigenvalue weighted by molar-refractivity contribution is 0.231. The number of nitrogens with zero attached hydrogens (tertiary/aromatic N) is 3. The summed E-state index contributed by atoms with van der Waals surface area (Å²) >= 11 is 0. The fourth-order valence-electron chi connectivity index (χ4n) is 2.99. The zero-order chi connectivity index (χ0) is 19.1. The number of pyridine rings is 1. The Morgan fingerprint density at radius 1 is 1.38 bits per heavy atom. The first-order valence-corrected chi connectivity index (χ1v) is 9.91. The Labute approximate surface area is 150 Å². The quantitative estimate of drug-likeness (QED) is 0.611. The van der Waals surface area contributed by atoms with Gasteiger partial charge in [-0.2, -0.15) is 0 Å². The number of sulfone groups is 1. The molecule has 0 aromatic carbocycles. The van der Waals surface area contributed by atoms with Crippen molar-refractivity contribution >= 4 is 9.84 Å². The molecule has 3 rings (SSSR count). The van der Waals surface area contributed by atoms with Crippen LogP contribution in [0, 0.1) is 6.92 Å². The monoisotopic (exact) mass is 380 g/mol. The molecule has 0 saturated carbocycles. The van der Waals surface area contributed by atoms with Crippen LogP contribution in [-0.4, -0.2) is 51.3 Å². The van der Waals surface area contributed by atoms with Gasteiger partial charge in [-0.15, -0.1) is 0 Å². The second-order valence-electron chi connectivity index (χ2n) is 6.38. The number of aromatic amines is 1. The molecule has 0 saturated heterocycles. The van der Waals surface area contributed by atoms with Gasteiger partial charge in [0, 0.05) is 49.6 Å². The van der Waals surface area contributed by atoms with E-state index in [-0.39, 0.29) is 24.1 Å². The minimum absolute atomic E-state index is 0.0294. The highest BCUT2D eigenvalue weighted by atomic mass is 32.2. The SMILES string of the molecule is Cc1ncc(CO)c(CN2CCc3nc(S(C)(=O)=O)[nH]c(=O)c3C2)c1O. The van der Waals surface area contributed by atoms with E-state index in [4.69, 9.17) is 0 Å². The minimum Gasteiger partial charge on any atom is -0.506 e. The average Bonchev–Trinajstić information content (AvgIpc) is 2.58. The molecule has 26 heavy (non-hydrogen) atoms. The van der Waals surface area contributed by atoms with E-state index in [0.29, 0.717) is 47.6 Å². The Morgan fingerprint density at radius 2 is 2.12 bits per heavy atom. The zero-order valence-corrected chi connectivity index (χ0v) is 15.3. The first kappa shape index (κ1) is 18.5. The number of aryl methyl sites for hydroxylation is 1. The molecule has 2 aromatic rings. The van der Waals surface area contributed by atoms with Gasteiger partial charge < -0.3 is 10.2 Å². The van der Waals surface area contributed by atoms with E-state index in [1.165, 1.54) is 6.20 Å². The van der Waals surface area contributed by atoms with E-state index >= 15 is 0 Å². The Kier molecular flexibility index (Phi) is 4.82. The summed E-state index contributed by atoms with van der Waals surface area (Å²) in [7, 11) is -3.59. The lowest BCUT2D eigenvalue weighted by Gasteiger charge is -2.28. The van der Waals surface area contributed by atoms with Crippen LogP contribution in [-0.2, 0) is 36.0 Å². The van der Waals surface area contributed by atoms with Crippen molar-refractivity contribution in [2.45, 2.75) is 38.2 Å². The average molecular weight is 380 g/mol. The summed E-state index contributed by atoms with van der Waals surface area (Å²) in [5, 5.41) is 19.4. The summed E-state index contributed by atoms with van der Waals surface area (Å²) in [6.45, 7) is 2.57. The maximum atomic E-state index is 12.3. The Bertz CT molecular complexity index is 1020. The molecule has 1 aliphatic rings. The van der Waals surface area contributed by atoms with Gasteiger partial charge in [-0.25, -0.2) is 13.4 Å². The van der Waals surface area contributed by atoms with E-state index in [1.807, 2.05) is 4.90 Å². The van der Waals surface area contributed by atoms with Crippen LogP contribution in [0.15, 0.2) is 16.1 Å². The van der Waals surface area contributed by atoms with Crippen LogP contribution in [0.25, 0.3) is 0 Å². The highest BCUT2D eigenvalue weighted by Gasteiger charge is 2.25. The van der Waals surface area contributed by atoms with Gasteiger partial charge in [0.15, 0.2) is 0 Å². The second-order valence-corrected chi connectivity index (χ2v) is 8.31. The normalized spacial score (nSPS) is 15.0. The Morgan fingerprint density at radius 3 is 2.77 bits per heavy atom. The largest absolute Gasteiger partial charge is 0.506 e. The predicted molar refractivity (Wildman–Crippen MR) is 92.3 cm³/mol. The summed E-state index contributed by atoms with van der Waals surface area (Å²) < 4.78 is 23.2. The predicted octanol–water partition coefficient (Wildman–Crippen LogP) is -0.367. The number of fused-ring (bicyclic) bond motifs is 1. The molecule has 0 amide bonds. The third-order valence-electron chi connectivity index (χ3n) is 4.46. The summed E-state index contributed by atoms with van der Waals surface area (Å²) in [6.07, 6.45) is 2.94. The summed E-state index contributed by atoms with van der Waals surface area (Å²) in [6, 6.07) is 0. The van der Waals surface area contributed by atoms with Gasteiger partial charge >= 0.3 is 0 Å². The van der Waals surface area contributed by atoms with Gasteiger partial charge in [0.05, 0.1) is 23.6 Å². The molecule has 0 fully saturated rings. The molecule has 0 atom stereocenters. The molecule has 1 aliphatic heterocycles. The fraction of sp³-hybridized carbons (Fsp3) is 0.438. The first-order chi connectivity index (χ1) is 12.2. The minimum atomic E-state index is -3.59. The van der Waals surface area contributed by atoms with Gasteiger partial charge in [0.1, 0.15) is 5.75 Å². The number of H-pyrrole nitrogens is 1. The van der Waals surface area contributed by atoms with Gasteiger partial charge in [0.25, 0.3) is 5.56 Å². The lowest BCUT2D eigenvalue weighted by atomic mass is 10.0. The van der Waals surface area contributed by atoms with Crippen molar-refractivity contribution in [1.29, 1.82) is 0 Å². The van der Waals surface area contributed by atoms with E-state index in [9.17, 15) is 23.4 Å². The van der Waals surface area contributed by atoms with Crippen molar-refractivity contribution in [3.8, 4) is 5.75 Å². The smallest absolute Gasteiger partial charge is 0.256 e. The number of hydrogen-bond acceptors (Lipinski definition) is 8. The van der Waals surface area contributed by atoms with Gasteiger partial charge in [-0.05, 0) is 6.92 Å². The van der Waals surface area contributed by atoms with Crippen LogP contribution in [0.1, 0.15) is 28.1 Å². The molecule has 9 nitrogen and oxygen atoms in total. The van der Waals surface area contributed by atoms with E-state index < -0.39 is 15.4 Å². The third-order valence-corrected chi connectivity index (χ3v) is 5.36. The standard InChI is InChI=1S/C16H20N4O5S/c1-9-14(22)11(10(8-21)5-17-9)6-20-4-3-13-12(7-20)15(23)19-16(18-13)26(2,24)25/h5,21-22H,3-4,6-8H2,1-2H3,(H,18,19,23).